The number of esters is 1. The van der Waals surface area contributed by atoms with Crippen LogP contribution in [-0.4, -0.2) is 41.3 Å². The largest absolute Gasteiger partial charge is 0.540 e. The van der Waals surface area contributed by atoms with E-state index in [1.165, 1.54) is 14.2 Å². The molecule has 0 aliphatic carbocycles. The van der Waals surface area contributed by atoms with Crippen LogP contribution in [0.3, 0.4) is 0 Å². The molecule has 0 atom stereocenters. The van der Waals surface area contributed by atoms with Gasteiger partial charge in [0.05, 0.1) is 0 Å². The van der Waals surface area contributed by atoms with Crippen LogP contribution in [0.1, 0.15) is 24.2 Å². The molecule has 0 unspecified atom stereocenters. The van der Waals surface area contributed by atoms with Gasteiger partial charge in [0.1, 0.15) is 5.56 Å². The maximum atomic E-state index is 13.5. The smallest absolute Gasteiger partial charge is 0.457 e. The van der Waals surface area contributed by atoms with Crippen LogP contribution in [0, 0.1) is 29.1 Å². The molecule has 5 nitrogen and oxygen atoms in total. The van der Waals surface area contributed by atoms with Gasteiger partial charge >= 0.3 is 14.8 Å². The lowest BCUT2D eigenvalue weighted by molar-refractivity contribution is 0.0241. The number of benzene rings is 1. The zero-order chi connectivity index (χ0) is 18.7. The van der Waals surface area contributed by atoms with E-state index in [0.717, 1.165) is 0 Å². The van der Waals surface area contributed by atoms with Crippen LogP contribution in [-0.2, 0) is 18.0 Å². The molecule has 1 rings (SSSR count). The van der Waals surface area contributed by atoms with E-state index < -0.39 is 61.8 Å². The summed E-state index contributed by atoms with van der Waals surface area (Å²) in [4.78, 5) is 11.8. The Balaban J connectivity index is 3.09. The lowest BCUT2D eigenvalue weighted by atomic mass is 10.1. The Morgan fingerprint density at radius 3 is 1.71 bits per heavy atom. The average Bonchev–Trinajstić information content (AvgIpc) is 2.54. The van der Waals surface area contributed by atoms with Crippen LogP contribution in [0.15, 0.2) is 0 Å². The Morgan fingerprint density at radius 2 is 1.33 bits per heavy atom. The third-order valence-electron chi connectivity index (χ3n) is 2.83. The molecule has 0 aliphatic heterocycles. The predicted molar refractivity (Wildman–Crippen MR) is 72.5 cm³/mol. The van der Waals surface area contributed by atoms with Crippen LogP contribution < -0.4 is 0 Å². The van der Waals surface area contributed by atoms with Crippen molar-refractivity contribution < 1.29 is 44.8 Å². The third kappa shape index (κ3) is 4.09. The predicted octanol–water partition coefficient (Wildman–Crippen LogP) is 2.73. The first-order chi connectivity index (χ1) is 11.1. The van der Waals surface area contributed by atoms with Gasteiger partial charge in [0.25, 0.3) is 0 Å². The van der Waals surface area contributed by atoms with Crippen LogP contribution in [0.5, 0.6) is 0 Å². The highest BCUT2D eigenvalue weighted by Gasteiger charge is 2.43. The number of hydrogen-bond donors (Lipinski definition) is 0. The van der Waals surface area contributed by atoms with E-state index in [1.807, 2.05) is 0 Å². The van der Waals surface area contributed by atoms with Crippen molar-refractivity contribution >= 4 is 14.8 Å². The first kappa shape index (κ1) is 20.5. The van der Waals surface area contributed by atoms with Crippen LogP contribution >= 0.6 is 0 Å². The van der Waals surface area contributed by atoms with E-state index in [1.54, 1.807) is 13.8 Å². The Bertz CT molecular complexity index is 592. The number of ether oxygens (including phenoxy) is 1. The monoisotopic (exact) mass is 374 g/mol. The summed E-state index contributed by atoms with van der Waals surface area (Å²) in [6.45, 7) is 3.26. The first-order valence-electron chi connectivity index (χ1n) is 6.56. The standard InChI is InChI=1S/C13H15F5O5Si/c1-6(2)23-24(20-3,21-4)5-22-13(19)7-8(14)10(16)12(18)11(17)9(7)15/h6H,5H2,1-4H3. The Kier molecular flexibility index (Phi) is 6.83. The maximum Gasteiger partial charge on any atom is 0.540 e. The maximum absolute atomic E-state index is 13.5. The van der Waals surface area contributed by atoms with Crippen molar-refractivity contribution in [2.45, 2.75) is 20.0 Å². The van der Waals surface area contributed by atoms with Gasteiger partial charge in [-0.1, -0.05) is 0 Å². The van der Waals surface area contributed by atoms with Gasteiger partial charge in [-0.15, -0.1) is 0 Å². The van der Waals surface area contributed by atoms with Gasteiger partial charge in [-0.3, -0.25) is 0 Å². The van der Waals surface area contributed by atoms with Gasteiger partial charge < -0.3 is 18.0 Å². The summed E-state index contributed by atoms with van der Waals surface area (Å²) in [6.07, 6.45) is -1.08. The molecule has 0 heterocycles. The molecular weight excluding hydrogens is 359 g/mol. The molecule has 0 saturated heterocycles. The van der Waals surface area contributed by atoms with Crippen molar-refractivity contribution in [1.29, 1.82) is 0 Å². The number of carbonyl (C=O) groups is 1. The highest BCUT2D eigenvalue weighted by atomic mass is 28.4. The molecule has 0 radical (unpaired) electrons. The summed E-state index contributed by atoms with van der Waals surface area (Å²) in [5.74, 6) is -13.2. The number of carbonyl (C=O) groups excluding carboxylic acids is 1. The summed E-state index contributed by atoms with van der Waals surface area (Å²) < 4.78 is 86.3. The van der Waals surface area contributed by atoms with Crippen molar-refractivity contribution in [1.82, 2.24) is 0 Å². The molecule has 0 aliphatic rings. The van der Waals surface area contributed by atoms with Crippen LogP contribution in [0.4, 0.5) is 22.0 Å². The summed E-state index contributed by atoms with van der Waals surface area (Å²) >= 11 is 0. The molecule has 0 saturated carbocycles. The van der Waals surface area contributed by atoms with Crippen molar-refractivity contribution in [2.24, 2.45) is 0 Å². The van der Waals surface area contributed by atoms with E-state index >= 15 is 0 Å². The molecule has 0 N–H and O–H groups in total. The van der Waals surface area contributed by atoms with Crippen molar-refractivity contribution in [3.63, 3.8) is 0 Å². The second kappa shape index (κ2) is 8.01. The fraction of sp³-hybridized carbons (Fsp3) is 0.462. The number of rotatable bonds is 7. The first-order valence-corrected chi connectivity index (χ1v) is 8.50. The Morgan fingerprint density at radius 1 is 0.917 bits per heavy atom. The molecule has 11 heteroatoms. The summed E-state index contributed by atoms with van der Waals surface area (Å²) in [6, 6.07) is 0. The highest BCUT2D eigenvalue weighted by Crippen LogP contribution is 2.24. The molecule has 0 amide bonds. The van der Waals surface area contributed by atoms with Gasteiger partial charge in [-0.05, 0) is 13.8 Å². The summed E-state index contributed by atoms with van der Waals surface area (Å²) in [5.41, 5.74) is -1.70. The van der Waals surface area contributed by atoms with E-state index in [2.05, 4.69) is 4.74 Å². The number of halogens is 5. The number of hydrogen-bond acceptors (Lipinski definition) is 5. The fourth-order valence-corrected chi connectivity index (χ4v) is 3.39. The fourth-order valence-electron chi connectivity index (χ4n) is 1.70. The molecule has 0 fully saturated rings. The molecule has 1 aromatic rings. The summed E-state index contributed by atoms with van der Waals surface area (Å²) in [7, 11) is -1.13. The molecular formula is C13H15F5O5Si. The van der Waals surface area contributed by atoms with Crippen molar-refractivity contribution in [3.05, 3.63) is 34.6 Å². The molecule has 0 spiro atoms. The Labute approximate surface area is 135 Å². The lowest BCUT2D eigenvalue weighted by Crippen LogP contribution is -2.51. The third-order valence-corrected chi connectivity index (χ3v) is 5.40. The van der Waals surface area contributed by atoms with Gasteiger partial charge in [0.2, 0.25) is 5.82 Å². The lowest BCUT2D eigenvalue weighted by Gasteiger charge is -2.27. The highest BCUT2D eigenvalue weighted by molar-refractivity contribution is 6.60. The molecule has 1 aromatic carbocycles. The Hall–Kier alpha value is -1.56. The second-order valence-electron chi connectivity index (χ2n) is 4.78. The zero-order valence-corrected chi connectivity index (χ0v) is 14.2. The topological polar surface area (TPSA) is 54.0 Å². The molecule has 0 bridgehead atoms. The van der Waals surface area contributed by atoms with Crippen LogP contribution in [0.25, 0.3) is 0 Å². The SMILES string of the molecule is CO[Si](COC(=O)c1c(F)c(F)c(F)c(F)c1F)(OC)OC(C)C. The van der Waals surface area contributed by atoms with Gasteiger partial charge in [0, 0.05) is 20.3 Å². The van der Waals surface area contributed by atoms with E-state index in [-0.39, 0.29) is 0 Å². The minimum Gasteiger partial charge on any atom is -0.457 e. The second-order valence-corrected chi connectivity index (χ2v) is 7.49. The van der Waals surface area contributed by atoms with E-state index in [0.29, 0.717) is 0 Å². The van der Waals surface area contributed by atoms with Gasteiger partial charge in [0.15, 0.2) is 29.5 Å². The normalized spacial score (nSPS) is 11.9. The zero-order valence-electron chi connectivity index (χ0n) is 13.2. The van der Waals surface area contributed by atoms with Crippen LogP contribution in [0.2, 0.25) is 0 Å². The minimum atomic E-state index is -3.52. The van der Waals surface area contributed by atoms with Crippen molar-refractivity contribution in [3.8, 4) is 0 Å². The average molecular weight is 374 g/mol. The minimum absolute atomic E-state index is 0.399. The molecule has 136 valence electrons. The quantitative estimate of drug-likeness (QED) is 0.242. The molecule has 24 heavy (non-hydrogen) atoms. The van der Waals surface area contributed by atoms with Crippen molar-refractivity contribution in [2.75, 3.05) is 20.4 Å². The molecule has 0 aromatic heterocycles. The van der Waals surface area contributed by atoms with E-state index in [4.69, 9.17) is 13.3 Å². The van der Waals surface area contributed by atoms with Gasteiger partial charge in [-0.25, -0.2) is 26.7 Å². The van der Waals surface area contributed by atoms with E-state index in [9.17, 15) is 26.7 Å². The summed E-state index contributed by atoms with van der Waals surface area (Å²) in [5, 5.41) is 0. The van der Waals surface area contributed by atoms with Gasteiger partial charge in [-0.2, -0.15) is 0 Å².